The molecular formula is C19H16Cl3N3OS. The number of anilines is 1. The second-order valence-corrected chi connectivity index (χ2v) is 7.78. The van der Waals surface area contributed by atoms with Crippen LogP contribution in [-0.4, -0.2) is 11.0 Å². The van der Waals surface area contributed by atoms with E-state index in [2.05, 4.69) is 16.0 Å². The number of thiocarbonyl (C=S) groups is 1. The maximum Gasteiger partial charge on any atom is 0.255 e. The highest BCUT2D eigenvalue weighted by Gasteiger charge is 2.32. The molecule has 0 aliphatic carbocycles. The van der Waals surface area contributed by atoms with E-state index in [0.717, 1.165) is 5.56 Å². The Morgan fingerprint density at radius 3 is 2.44 bits per heavy atom. The molecule has 27 heavy (non-hydrogen) atoms. The lowest BCUT2D eigenvalue weighted by molar-refractivity contribution is -0.113. The van der Waals surface area contributed by atoms with Crippen molar-refractivity contribution < 1.29 is 4.79 Å². The summed E-state index contributed by atoms with van der Waals surface area (Å²) in [6.45, 7) is 3.67. The number of aryl methyl sites for hydroxylation is 1. The van der Waals surface area contributed by atoms with Crippen LogP contribution < -0.4 is 16.0 Å². The number of allylic oxidation sites excluding steroid dienone is 1. The van der Waals surface area contributed by atoms with E-state index in [-0.39, 0.29) is 5.91 Å². The van der Waals surface area contributed by atoms with Crippen LogP contribution in [0.15, 0.2) is 47.7 Å². The van der Waals surface area contributed by atoms with Crippen molar-refractivity contribution >= 4 is 63.7 Å². The molecule has 1 atom stereocenters. The van der Waals surface area contributed by atoms with Crippen LogP contribution in [0.4, 0.5) is 5.69 Å². The fourth-order valence-electron chi connectivity index (χ4n) is 2.92. The Bertz CT molecular complexity index is 954. The quantitative estimate of drug-likeness (QED) is 0.560. The summed E-state index contributed by atoms with van der Waals surface area (Å²) in [5.74, 6) is -0.304. The summed E-state index contributed by atoms with van der Waals surface area (Å²) in [5.41, 5.74) is 3.18. The molecule has 1 heterocycles. The molecule has 2 aromatic rings. The van der Waals surface area contributed by atoms with Gasteiger partial charge in [-0.25, -0.2) is 0 Å². The lowest BCUT2D eigenvalue weighted by atomic mass is 9.94. The number of amides is 1. The summed E-state index contributed by atoms with van der Waals surface area (Å²) in [5, 5.41) is 10.8. The van der Waals surface area contributed by atoms with Crippen LogP contribution in [0.1, 0.15) is 24.1 Å². The Hall–Kier alpha value is -1.79. The van der Waals surface area contributed by atoms with Gasteiger partial charge in [0, 0.05) is 32.0 Å². The molecule has 3 rings (SSSR count). The van der Waals surface area contributed by atoms with E-state index in [1.165, 1.54) is 0 Å². The molecule has 0 saturated carbocycles. The molecule has 4 nitrogen and oxygen atoms in total. The van der Waals surface area contributed by atoms with E-state index in [4.69, 9.17) is 47.0 Å². The van der Waals surface area contributed by atoms with E-state index in [1.807, 2.05) is 13.0 Å². The second-order valence-electron chi connectivity index (χ2n) is 6.12. The molecule has 0 fully saturated rings. The van der Waals surface area contributed by atoms with Gasteiger partial charge in [0.2, 0.25) is 0 Å². The number of hydrogen-bond acceptors (Lipinski definition) is 2. The minimum Gasteiger partial charge on any atom is -0.351 e. The van der Waals surface area contributed by atoms with Crippen LogP contribution in [0.3, 0.4) is 0 Å². The third-order valence-electron chi connectivity index (χ3n) is 4.25. The normalized spacial score (nSPS) is 16.6. The Kier molecular flexibility index (Phi) is 5.96. The third kappa shape index (κ3) is 4.22. The Labute approximate surface area is 177 Å². The number of benzene rings is 2. The van der Waals surface area contributed by atoms with Crippen molar-refractivity contribution in [1.29, 1.82) is 0 Å². The molecule has 1 aliphatic rings. The smallest absolute Gasteiger partial charge is 0.255 e. The number of hydrogen-bond donors (Lipinski definition) is 3. The number of nitrogens with one attached hydrogen (secondary N) is 3. The zero-order valence-electron chi connectivity index (χ0n) is 14.5. The van der Waals surface area contributed by atoms with Crippen molar-refractivity contribution in [3.8, 4) is 0 Å². The van der Waals surface area contributed by atoms with Gasteiger partial charge in [-0.2, -0.15) is 0 Å². The predicted molar refractivity (Wildman–Crippen MR) is 116 cm³/mol. The highest BCUT2D eigenvalue weighted by atomic mass is 35.5. The first-order valence-corrected chi connectivity index (χ1v) is 9.62. The minimum absolute atomic E-state index is 0.304. The van der Waals surface area contributed by atoms with Crippen LogP contribution in [0.5, 0.6) is 0 Å². The monoisotopic (exact) mass is 439 g/mol. The van der Waals surface area contributed by atoms with Gasteiger partial charge in [-0.3, -0.25) is 4.79 Å². The maximum absolute atomic E-state index is 13.1. The van der Waals surface area contributed by atoms with E-state index in [9.17, 15) is 4.79 Å². The van der Waals surface area contributed by atoms with Crippen LogP contribution in [-0.2, 0) is 4.79 Å². The van der Waals surface area contributed by atoms with Gasteiger partial charge in [-0.1, -0.05) is 46.9 Å². The SMILES string of the molecule is CC1=C(C(=O)Nc2cc(Cl)ccc2C)C(c2c(Cl)cccc2Cl)NC(=S)N1. The molecule has 1 aliphatic heterocycles. The minimum atomic E-state index is -0.584. The molecule has 1 unspecified atom stereocenters. The first-order chi connectivity index (χ1) is 12.8. The van der Waals surface area contributed by atoms with E-state index in [0.29, 0.717) is 42.7 Å². The van der Waals surface area contributed by atoms with E-state index >= 15 is 0 Å². The molecule has 0 radical (unpaired) electrons. The van der Waals surface area contributed by atoms with Gasteiger partial charge >= 0.3 is 0 Å². The van der Waals surface area contributed by atoms with Crippen LogP contribution >= 0.6 is 47.0 Å². The van der Waals surface area contributed by atoms with Crippen molar-refractivity contribution in [3.05, 3.63) is 73.9 Å². The Balaban J connectivity index is 2.04. The van der Waals surface area contributed by atoms with Gasteiger partial charge in [0.1, 0.15) is 0 Å². The highest BCUT2D eigenvalue weighted by molar-refractivity contribution is 7.80. The van der Waals surface area contributed by atoms with Crippen molar-refractivity contribution in [2.45, 2.75) is 19.9 Å². The van der Waals surface area contributed by atoms with Crippen LogP contribution in [0.2, 0.25) is 15.1 Å². The Morgan fingerprint density at radius 2 is 1.78 bits per heavy atom. The zero-order chi connectivity index (χ0) is 19.7. The zero-order valence-corrected chi connectivity index (χ0v) is 17.6. The topological polar surface area (TPSA) is 53.2 Å². The average Bonchev–Trinajstić information content (AvgIpc) is 2.57. The molecule has 2 aromatic carbocycles. The van der Waals surface area contributed by atoms with Gasteiger partial charge in [-0.15, -0.1) is 0 Å². The third-order valence-corrected chi connectivity index (χ3v) is 5.36. The van der Waals surface area contributed by atoms with Gasteiger partial charge < -0.3 is 16.0 Å². The summed E-state index contributed by atoms with van der Waals surface area (Å²) in [6, 6.07) is 9.93. The van der Waals surface area contributed by atoms with Crippen molar-refractivity contribution in [2.75, 3.05) is 5.32 Å². The van der Waals surface area contributed by atoms with Crippen LogP contribution in [0.25, 0.3) is 0 Å². The van der Waals surface area contributed by atoms with Gasteiger partial charge in [0.25, 0.3) is 5.91 Å². The van der Waals surface area contributed by atoms with E-state index in [1.54, 1.807) is 37.3 Å². The average molecular weight is 441 g/mol. The summed E-state index contributed by atoms with van der Waals surface area (Å²) in [4.78, 5) is 13.1. The molecule has 0 bridgehead atoms. The van der Waals surface area contributed by atoms with Gasteiger partial charge in [0.05, 0.1) is 11.6 Å². The maximum atomic E-state index is 13.1. The predicted octanol–water partition coefficient (Wildman–Crippen LogP) is 5.39. The molecule has 8 heteroatoms. The van der Waals surface area contributed by atoms with Crippen molar-refractivity contribution in [1.82, 2.24) is 10.6 Å². The number of carbonyl (C=O) groups is 1. The molecule has 140 valence electrons. The number of carbonyl (C=O) groups excluding carboxylic acids is 1. The van der Waals surface area contributed by atoms with Crippen LogP contribution in [0, 0.1) is 6.92 Å². The standard InChI is InChI=1S/C19H16Cl3N3OS/c1-9-6-7-11(20)8-14(9)24-18(26)15-10(2)23-19(27)25-17(15)16-12(21)4-3-5-13(16)22/h3-8,17H,1-2H3,(H,24,26)(H2,23,25,27). The molecule has 0 aromatic heterocycles. The number of rotatable bonds is 3. The molecule has 1 amide bonds. The van der Waals surface area contributed by atoms with Gasteiger partial charge in [-0.05, 0) is 55.9 Å². The first kappa shape index (κ1) is 20.0. The molecular weight excluding hydrogens is 425 g/mol. The van der Waals surface area contributed by atoms with Crippen molar-refractivity contribution in [2.24, 2.45) is 0 Å². The fraction of sp³-hybridized carbons (Fsp3) is 0.158. The molecule has 0 saturated heterocycles. The summed E-state index contributed by atoms with van der Waals surface area (Å²) in [6.07, 6.45) is 0. The first-order valence-electron chi connectivity index (χ1n) is 8.07. The summed E-state index contributed by atoms with van der Waals surface area (Å²) in [7, 11) is 0. The lowest BCUT2D eigenvalue weighted by Gasteiger charge is -2.31. The molecule has 0 spiro atoms. The lowest BCUT2D eigenvalue weighted by Crippen LogP contribution is -2.46. The van der Waals surface area contributed by atoms with Gasteiger partial charge in [0.15, 0.2) is 5.11 Å². The largest absolute Gasteiger partial charge is 0.351 e. The fourth-order valence-corrected chi connectivity index (χ4v) is 3.98. The number of halogens is 3. The van der Waals surface area contributed by atoms with E-state index < -0.39 is 6.04 Å². The van der Waals surface area contributed by atoms with Crippen molar-refractivity contribution in [3.63, 3.8) is 0 Å². The second kappa shape index (κ2) is 8.07. The Morgan fingerprint density at radius 1 is 1.11 bits per heavy atom. The highest BCUT2D eigenvalue weighted by Crippen LogP contribution is 2.37. The molecule has 3 N–H and O–H groups in total. The summed E-state index contributed by atoms with van der Waals surface area (Å²) < 4.78 is 0. The summed E-state index contributed by atoms with van der Waals surface area (Å²) >= 11 is 24.1.